The van der Waals surface area contributed by atoms with Crippen LogP contribution in [0, 0.1) is 5.41 Å². The van der Waals surface area contributed by atoms with Crippen LogP contribution < -0.4 is 10.2 Å². The Morgan fingerprint density at radius 3 is 2.25 bits per heavy atom. The molecule has 6 heteroatoms. The lowest BCUT2D eigenvalue weighted by atomic mass is 9.69. The van der Waals surface area contributed by atoms with Gasteiger partial charge in [-0.25, -0.2) is 0 Å². The van der Waals surface area contributed by atoms with Gasteiger partial charge in [0.15, 0.2) is 0 Å². The van der Waals surface area contributed by atoms with E-state index in [4.69, 9.17) is 18.8 Å². The molecule has 5 nitrogen and oxygen atoms in total. The van der Waals surface area contributed by atoms with Gasteiger partial charge < -0.3 is 18.8 Å². The van der Waals surface area contributed by atoms with Gasteiger partial charge in [-0.05, 0) is 46.2 Å². The van der Waals surface area contributed by atoms with Gasteiger partial charge in [-0.1, -0.05) is 36.4 Å². The molecule has 150 valence electrons. The van der Waals surface area contributed by atoms with Gasteiger partial charge in [-0.15, -0.1) is 0 Å². The molecule has 0 aromatic heterocycles. The topological polar surface area (TPSA) is 54.0 Å². The van der Waals surface area contributed by atoms with Crippen LogP contribution in [0.1, 0.15) is 46.1 Å². The Morgan fingerprint density at radius 1 is 1.04 bits per heavy atom. The molecule has 1 aromatic rings. The largest absolute Gasteiger partial charge is 0.498 e. The first-order valence-corrected chi connectivity index (χ1v) is 9.53. The maximum atomic E-state index is 12.5. The fourth-order valence-electron chi connectivity index (χ4n) is 3.71. The van der Waals surface area contributed by atoms with Crippen molar-refractivity contribution in [2.24, 2.45) is 5.41 Å². The van der Waals surface area contributed by atoms with Crippen molar-refractivity contribution in [3.8, 4) is 5.75 Å². The van der Waals surface area contributed by atoms with E-state index < -0.39 is 23.7 Å². The summed E-state index contributed by atoms with van der Waals surface area (Å²) in [5.41, 5.74) is 0.0952. The minimum atomic E-state index is -0.786. The second-order valence-corrected chi connectivity index (χ2v) is 8.59. The number of ether oxygens (including phenoxy) is 2. The zero-order valence-electron chi connectivity index (χ0n) is 17.7. The van der Waals surface area contributed by atoms with Crippen LogP contribution in [0.25, 0.3) is 0 Å². The third-order valence-electron chi connectivity index (χ3n) is 6.25. The summed E-state index contributed by atoms with van der Waals surface area (Å²) in [6.45, 7) is 9.97. The summed E-state index contributed by atoms with van der Waals surface area (Å²) in [5, 5.41) is 0. The second kappa shape index (κ2) is 7.09. The van der Waals surface area contributed by atoms with Crippen molar-refractivity contribution in [3.05, 3.63) is 48.1 Å². The molecule has 0 amide bonds. The third-order valence-corrected chi connectivity index (χ3v) is 6.25. The number of hydrogen-bond donors (Lipinski definition) is 0. The Kier molecular flexibility index (Phi) is 5.23. The summed E-state index contributed by atoms with van der Waals surface area (Å²) in [6.07, 6.45) is 7.75. The highest BCUT2D eigenvalue weighted by molar-refractivity contribution is 6.63. The molecule has 0 N–H and O–H groups in total. The van der Waals surface area contributed by atoms with Gasteiger partial charge >= 0.3 is 13.1 Å². The third kappa shape index (κ3) is 3.29. The van der Waals surface area contributed by atoms with E-state index in [0.717, 1.165) is 11.0 Å². The highest BCUT2D eigenvalue weighted by atomic mass is 16.7. The Morgan fingerprint density at radius 2 is 1.68 bits per heavy atom. The first-order chi connectivity index (χ1) is 13.1. The summed E-state index contributed by atoms with van der Waals surface area (Å²) in [5.74, 6) is 0.250. The quantitative estimate of drug-likeness (QED) is 0.589. The van der Waals surface area contributed by atoms with Crippen molar-refractivity contribution in [2.75, 3.05) is 14.2 Å². The molecule has 1 aromatic carbocycles. The van der Waals surface area contributed by atoms with E-state index in [1.165, 1.54) is 7.11 Å². The van der Waals surface area contributed by atoms with Crippen molar-refractivity contribution in [1.29, 1.82) is 0 Å². The number of benzene rings is 1. The second-order valence-electron chi connectivity index (χ2n) is 8.59. The summed E-state index contributed by atoms with van der Waals surface area (Å²) < 4.78 is 23.1. The van der Waals surface area contributed by atoms with Gasteiger partial charge in [0.05, 0.1) is 30.8 Å². The van der Waals surface area contributed by atoms with E-state index in [1.54, 1.807) is 7.11 Å². The van der Waals surface area contributed by atoms with Crippen molar-refractivity contribution < 1.29 is 23.6 Å². The van der Waals surface area contributed by atoms with Gasteiger partial charge in [0.2, 0.25) is 0 Å². The predicted octanol–water partition coefficient (Wildman–Crippen LogP) is 3.38. The van der Waals surface area contributed by atoms with E-state index in [2.05, 4.69) is 0 Å². The number of carbonyl (C=O) groups excluding carboxylic acids is 1. The lowest BCUT2D eigenvalue weighted by molar-refractivity contribution is -0.149. The fourth-order valence-corrected chi connectivity index (χ4v) is 3.71. The molecule has 1 fully saturated rings. The van der Waals surface area contributed by atoms with Crippen LogP contribution in [0.3, 0.4) is 0 Å². The van der Waals surface area contributed by atoms with Crippen LogP contribution in [0.2, 0.25) is 0 Å². The molecular formula is C22H29BO5. The van der Waals surface area contributed by atoms with E-state index in [1.807, 2.05) is 77.1 Å². The van der Waals surface area contributed by atoms with E-state index in [0.29, 0.717) is 5.75 Å². The van der Waals surface area contributed by atoms with Gasteiger partial charge in [0, 0.05) is 11.4 Å². The highest BCUT2D eigenvalue weighted by Crippen LogP contribution is 2.42. The standard InChI is InChI=1S/C22H29BO5/c1-20(2)21(3,4)28-23(27-20)17-14-15(11-12-18(17)25-6)16-10-8-9-13-22(16,5)19(24)26-7/h8-14,16H,1-7H3. The molecule has 0 saturated carbocycles. The first kappa shape index (κ1) is 20.7. The monoisotopic (exact) mass is 384 g/mol. The van der Waals surface area contributed by atoms with Crippen molar-refractivity contribution in [1.82, 2.24) is 0 Å². The molecule has 0 bridgehead atoms. The van der Waals surface area contributed by atoms with Crippen molar-refractivity contribution in [2.45, 2.75) is 51.7 Å². The Bertz CT molecular complexity index is 810. The van der Waals surface area contributed by atoms with Crippen LogP contribution in [0.15, 0.2) is 42.5 Å². The van der Waals surface area contributed by atoms with Gasteiger partial charge in [-0.2, -0.15) is 0 Å². The minimum Gasteiger partial charge on any atom is -0.497 e. The molecule has 28 heavy (non-hydrogen) atoms. The number of carbonyl (C=O) groups is 1. The Balaban J connectivity index is 2.04. The number of allylic oxidation sites excluding steroid dienone is 3. The Labute approximate surface area is 167 Å². The minimum absolute atomic E-state index is 0.169. The molecule has 0 radical (unpaired) electrons. The lowest BCUT2D eigenvalue weighted by Crippen LogP contribution is -2.41. The number of methoxy groups -OCH3 is 2. The number of rotatable bonds is 4. The summed E-state index contributed by atoms with van der Waals surface area (Å²) in [6, 6.07) is 5.89. The molecule has 2 atom stereocenters. The lowest BCUT2D eigenvalue weighted by Gasteiger charge is -2.33. The maximum Gasteiger partial charge on any atom is 0.498 e. The van der Waals surface area contributed by atoms with Gasteiger partial charge in [0.1, 0.15) is 5.75 Å². The van der Waals surface area contributed by atoms with E-state index in [9.17, 15) is 4.79 Å². The maximum absolute atomic E-state index is 12.5. The normalized spacial score (nSPS) is 27.7. The zero-order valence-corrected chi connectivity index (χ0v) is 17.7. The molecule has 0 spiro atoms. The molecule has 3 rings (SSSR count). The Hall–Kier alpha value is -2.05. The highest BCUT2D eigenvalue weighted by Gasteiger charge is 2.52. The van der Waals surface area contributed by atoms with Crippen LogP contribution in [0.4, 0.5) is 0 Å². The summed E-state index contributed by atoms with van der Waals surface area (Å²) in [4.78, 5) is 12.5. The fraction of sp³-hybridized carbons (Fsp3) is 0.500. The molecule has 1 saturated heterocycles. The van der Waals surface area contributed by atoms with Crippen molar-refractivity contribution in [3.63, 3.8) is 0 Å². The van der Waals surface area contributed by atoms with Crippen LogP contribution in [-0.4, -0.2) is 38.5 Å². The molecule has 1 heterocycles. The predicted molar refractivity (Wildman–Crippen MR) is 110 cm³/mol. The SMILES string of the molecule is COC(=O)C1(C)C=CC=CC1c1ccc(OC)c(B2OC(C)(C)C(C)(C)O2)c1. The number of esters is 1. The van der Waals surface area contributed by atoms with Gasteiger partial charge in [-0.3, -0.25) is 4.79 Å². The van der Waals surface area contributed by atoms with Crippen molar-refractivity contribution >= 4 is 18.6 Å². The zero-order chi connectivity index (χ0) is 20.7. The van der Waals surface area contributed by atoms with Gasteiger partial charge in [0.25, 0.3) is 0 Å². The van der Waals surface area contributed by atoms with E-state index in [-0.39, 0.29) is 11.9 Å². The van der Waals surface area contributed by atoms with Crippen LogP contribution in [-0.2, 0) is 18.8 Å². The first-order valence-electron chi connectivity index (χ1n) is 9.53. The molecule has 1 aliphatic carbocycles. The average Bonchev–Trinajstić information content (AvgIpc) is 2.88. The molecule has 2 unspecified atom stereocenters. The molecule has 2 aliphatic rings. The molecular weight excluding hydrogens is 355 g/mol. The van der Waals surface area contributed by atoms with Crippen LogP contribution in [0.5, 0.6) is 5.75 Å². The smallest absolute Gasteiger partial charge is 0.497 e. The van der Waals surface area contributed by atoms with E-state index >= 15 is 0 Å². The summed E-state index contributed by atoms with van der Waals surface area (Å²) in [7, 11) is 2.50. The number of hydrogen-bond acceptors (Lipinski definition) is 5. The average molecular weight is 384 g/mol. The van der Waals surface area contributed by atoms with Crippen LogP contribution >= 0.6 is 0 Å². The summed E-state index contributed by atoms with van der Waals surface area (Å²) >= 11 is 0. The molecule has 1 aliphatic heterocycles.